The van der Waals surface area contributed by atoms with E-state index in [1.807, 2.05) is 24.3 Å². The van der Waals surface area contributed by atoms with Crippen molar-refractivity contribution in [3.63, 3.8) is 0 Å². The number of amides is 1. The van der Waals surface area contributed by atoms with Gasteiger partial charge in [0.2, 0.25) is 5.91 Å². The zero-order chi connectivity index (χ0) is 17.4. The third-order valence-electron chi connectivity index (χ3n) is 4.55. The summed E-state index contributed by atoms with van der Waals surface area (Å²) in [6.07, 6.45) is 3.08. The van der Waals surface area contributed by atoms with Crippen LogP contribution in [0.15, 0.2) is 30.6 Å². The van der Waals surface area contributed by atoms with Gasteiger partial charge in [0, 0.05) is 29.6 Å². The summed E-state index contributed by atoms with van der Waals surface area (Å²) < 4.78 is 5.55. The van der Waals surface area contributed by atoms with Crippen LogP contribution in [0.25, 0.3) is 21.5 Å². The molecule has 4 rings (SSSR count). The van der Waals surface area contributed by atoms with E-state index in [0.717, 1.165) is 53.2 Å². The predicted octanol–water partition coefficient (Wildman–Crippen LogP) is 3.11. The number of primary amides is 1. The highest BCUT2D eigenvalue weighted by atomic mass is 35.5. The number of carbonyl (C=O) groups excluding carboxylic acids is 1. The molecule has 3 heterocycles. The number of halogens is 1. The van der Waals surface area contributed by atoms with Gasteiger partial charge in [-0.25, -0.2) is 9.97 Å². The second-order valence-electron chi connectivity index (χ2n) is 6.08. The van der Waals surface area contributed by atoms with Crippen molar-refractivity contribution in [3.05, 3.63) is 35.6 Å². The first-order valence-electron chi connectivity index (χ1n) is 8.04. The van der Waals surface area contributed by atoms with E-state index in [0.29, 0.717) is 5.02 Å². The van der Waals surface area contributed by atoms with Crippen molar-refractivity contribution in [1.82, 2.24) is 14.3 Å². The van der Waals surface area contributed by atoms with Gasteiger partial charge in [-0.3, -0.25) is 4.79 Å². The average Bonchev–Trinajstić information content (AvgIpc) is 3.06. The third-order valence-corrected chi connectivity index (χ3v) is 5.64. The van der Waals surface area contributed by atoms with Crippen molar-refractivity contribution in [1.29, 1.82) is 0 Å². The average molecular weight is 374 g/mol. The van der Waals surface area contributed by atoms with E-state index >= 15 is 0 Å². The van der Waals surface area contributed by atoms with E-state index in [4.69, 9.17) is 17.3 Å². The third kappa shape index (κ3) is 3.05. The molecule has 1 aliphatic heterocycles. The maximum atomic E-state index is 11.4. The Morgan fingerprint density at radius 1 is 1.20 bits per heavy atom. The molecule has 1 fully saturated rings. The summed E-state index contributed by atoms with van der Waals surface area (Å²) in [5, 5.41) is 0.691. The maximum Gasteiger partial charge on any atom is 0.220 e. The molecule has 1 amide bonds. The van der Waals surface area contributed by atoms with E-state index in [1.165, 1.54) is 11.5 Å². The molecule has 0 bridgehead atoms. The lowest BCUT2D eigenvalue weighted by Crippen LogP contribution is -2.38. The fourth-order valence-corrected chi connectivity index (χ4v) is 4.15. The Morgan fingerprint density at radius 2 is 1.92 bits per heavy atom. The molecule has 0 aliphatic carbocycles. The zero-order valence-corrected chi connectivity index (χ0v) is 14.9. The summed E-state index contributed by atoms with van der Waals surface area (Å²) >= 11 is 7.37. The standard InChI is InChI=1S/C17H16ClN5OS/c18-12-3-1-10(2-4-12)13-14-15(25-22-13)17(21-9-20-14)23-7-5-11(6-8-23)16(19)24/h1-4,9,11H,5-8H2,(H2,19,24). The number of piperidine rings is 1. The SMILES string of the molecule is NC(=O)C1CCN(c2ncnc3c(-c4ccc(Cl)cc4)nsc23)CC1. The van der Waals surface area contributed by atoms with E-state index in [-0.39, 0.29) is 11.8 Å². The van der Waals surface area contributed by atoms with Gasteiger partial charge in [0.25, 0.3) is 0 Å². The van der Waals surface area contributed by atoms with E-state index in [2.05, 4.69) is 19.2 Å². The highest BCUT2D eigenvalue weighted by Crippen LogP contribution is 2.35. The molecule has 0 radical (unpaired) electrons. The van der Waals surface area contributed by atoms with Gasteiger partial charge in [-0.1, -0.05) is 23.7 Å². The minimum atomic E-state index is -0.213. The summed E-state index contributed by atoms with van der Waals surface area (Å²) in [6, 6.07) is 7.57. The molecular weight excluding hydrogens is 358 g/mol. The smallest absolute Gasteiger partial charge is 0.220 e. The number of anilines is 1. The molecule has 2 aromatic heterocycles. The number of carbonyl (C=O) groups is 1. The quantitative estimate of drug-likeness (QED) is 0.762. The van der Waals surface area contributed by atoms with Gasteiger partial charge in [-0.15, -0.1) is 0 Å². The molecule has 0 atom stereocenters. The van der Waals surface area contributed by atoms with Gasteiger partial charge < -0.3 is 10.6 Å². The second kappa shape index (κ2) is 6.57. The highest BCUT2D eigenvalue weighted by molar-refractivity contribution is 7.14. The normalized spacial score (nSPS) is 15.6. The van der Waals surface area contributed by atoms with Crippen molar-refractivity contribution in [3.8, 4) is 11.3 Å². The Bertz CT molecular complexity index is 918. The Kier molecular flexibility index (Phi) is 4.27. The molecule has 25 heavy (non-hydrogen) atoms. The number of benzene rings is 1. The Morgan fingerprint density at radius 3 is 2.60 bits per heavy atom. The summed E-state index contributed by atoms with van der Waals surface area (Å²) in [5.41, 5.74) is 8.08. The molecule has 128 valence electrons. The lowest BCUT2D eigenvalue weighted by atomic mass is 9.96. The van der Waals surface area contributed by atoms with Crippen LogP contribution in [-0.4, -0.2) is 33.3 Å². The lowest BCUT2D eigenvalue weighted by molar-refractivity contribution is -0.122. The number of hydrogen-bond acceptors (Lipinski definition) is 6. The number of nitrogens with two attached hydrogens (primary N) is 1. The van der Waals surface area contributed by atoms with Crippen LogP contribution in [0.5, 0.6) is 0 Å². The van der Waals surface area contributed by atoms with Crippen LogP contribution in [0, 0.1) is 5.92 Å². The number of aromatic nitrogens is 3. The Labute approximate surface area is 153 Å². The van der Waals surface area contributed by atoms with Crippen molar-refractivity contribution < 1.29 is 4.79 Å². The van der Waals surface area contributed by atoms with E-state index < -0.39 is 0 Å². The minimum absolute atomic E-state index is 0.0420. The summed E-state index contributed by atoms with van der Waals surface area (Å²) in [7, 11) is 0. The molecule has 1 aromatic carbocycles. The number of hydrogen-bond donors (Lipinski definition) is 1. The second-order valence-corrected chi connectivity index (χ2v) is 7.29. The summed E-state index contributed by atoms with van der Waals surface area (Å²) in [4.78, 5) is 22.5. The fourth-order valence-electron chi connectivity index (χ4n) is 3.15. The monoisotopic (exact) mass is 373 g/mol. The van der Waals surface area contributed by atoms with Gasteiger partial charge >= 0.3 is 0 Å². The Hall–Kier alpha value is -2.25. The first-order valence-corrected chi connectivity index (χ1v) is 9.19. The van der Waals surface area contributed by atoms with E-state index in [9.17, 15) is 4.79 Å². The van der Waals surface area contributed by atoms with Crippen LogP contribution >= 0.6 is 23.1 Å². The number of rotatable bonds is 3. The molecule has 8 heteroatoms. The minimum Gasteiger partial charge on any atom is -0.369 e. The summed E-state index contributed by atoms with van der Waals surface area (Å²) in [6.45, 7) is 1.52. The largest absolute Gasteiger partial charge is 0.369 e. The van der Waals surface area contributed by atoms with Crippen molar-refractivity contribution in [2.45, 2.75) is 12.8 Å². The van der Waals surface area contributed by atoms with Crippen LogP contribution in [0.2, 0.25) is 5.02 Å². The number of fused-ring (bicyclic) bond motifs is 1. The van der Waals surface area contributed by atoms with Gasteiger partial charge in [0.1, 0.15) is 22.2 Å². The van der Waals surface area contributed by atoms with Gasteiger partial charge in [-0.05, 0) is 36.5 Å². The van der Waals surface area contributed by atoms with Crippen LogP contribution in [0.3, 0.4) is 0 Å². The van der Waals surface area contributed by atoms with Gasteiger partial charge in [-0.2, -0.15) is 4.37 Å². The van der Waals surface area contributed by atoms with Crippen LogP contribution in [-0.2, 0) is 4.79 Å². The number of nitrogens with zero attached hydrogens (tertiary/aromatic N) is 4. The fraction of sp³-hybridized carbons (Fsp3) is 0.294. The first kappa shape index (κ1) is 16.2. The van der Waals surface area contributed by atoms with Crippen LogP contribution in [0.4, 0.5) is 5.82 Å². The molecule has 0 spiro atoms. The lowest BCUT2D eigenvalue weighted by Gasteiger charge is -2.31. The van der Waals surface area contributed by atoms with Crippen molar-refractivity contribution in [2.24, 2.45) is 11.7 Å². The molecular formula is C17H16ClN5OS. The Balaban J connectivity index is 1.68. The van der Waals surface area contributed by atoms with Crippen molar-refractivity contribution >= 4 is 45.1 Å². The molecule has 0 unspecified atom stereocenters. The topological polar surface area (TPSA) is 85.0 Å². The van der Waals surface area contributed by atoms with E-state index in [1.54, 1.807) is 6.33 Å². The zero-order valence-electron chi connectivity index (χ0n) is 13.4. The molecule has 1 aliphatic rings. The first-order chi connectivity index (χ1) is 12.1. The highest BCUT2D eigenvalue weighted by Gasteiger charge is 2.26. The molecule has 2 N–H and O–H groups in total. The van der Waals surface area contributed by atoms with Gasteiger partial charge in [0.15, 0.2) is 5.82 Å². The summed E-state index contributed by atoms with van der Waals surface area (Å²) in [5.74, 6) is 0.626. The predicted molar refractivity (Wildman–Crippen MR) is 99.8 cm³/mol. The van der Waals surface area contributed by atoms with Crippen LogP contribution < -0.4 is 10.6 Å². The maximum absolute atomic E-state index is 11.4. The molecule has 0 saturated carbocycles. The molecule has 3 aromatic rings. The molecule has 1 saturated heterocycles. The molecule has 6 nitrogen and oxygen atoms in total. The van der Waals surface area contributed by atoms with Crippen molar-refractivity contribution in [2.75, 3.05) is 18.0 Å². The van der Waals surface area contributed by atoms with Crippen LogP contribution in [0.1, 0.15) is 12.8 Å². The van der Waals surface area contributed by atoms with Gasteiger partial charge in [0.05, 0.1) is 0 Å².